The van der Waals surface area contributed by atoms with Crippen LogP contribution in [0.15, 0.2) is 65.5 Å². The van der Waals surface area contributed by atoms with E-state index < -0.39 is 24.0 Å². The summed E-state index contributed by atoms with van der Waals surface area (Å²) in [5, 5.41) is 22.4. The first-order chi connectivity index (χ1) is 17.1. The summed E-state index contributed by atoms with van der Waals surface area (Å²) in [4.78, 5) is 13.3. The molecule has 0 aromatic carbocycles. The molecule has 2 N–H and O–H groups in total. The molecule has 0 aromatic heterocycles. The molecule has 3 aliphatic rings. The number of carbonyl (C=O) groups is 1. The molecule has 2 aliphatic heterocycles. The zero-order chi connectivity index (χ0) is 29.0. The topological polar surface area (TPSA) is 57.5 Å². The van der Waals surface area contributed by atoms with E-state index in [2.05, 4.69) is 107 Å². The number of Topliss-reactive ketones (excluding diaryl/α,β-unsaturated/α-hetero) is 1. The number of ketones is 1. The Morgan fingerprint density at radius 2 is 0.921 bits per heavy atom. The molecule has 0 spiro atoms. The fourth-order valence-electron chi connectivity index (χ4n) is 4.50. The summed E-state index contributed by atoms with van der Waals surface area (Å²) in [7, 11) is 0. The molecule has 1 fully saturated rings. The monoisotopic (exact) mass is 652 g/mol. The average molecular weight is 651 g/mol. The maximum atomic E-state index is 13.3. The van der Waals surface area contributed by atoms with Crippen LogP contribution in [0.1, 0.15) is 83.1 Å². The van der Waals surface area contributed by atoms with E-state index in [9.17, 15) is 15.0 Å². The predicted octanol–water partition coefficient (Wildman–Crippen LogP) is 6.53. The fraction of sp³-hybridized carbons (Fsp3) is 0.606. The third kappa shape index (κ3) is 7.22. The minimum atomic E-state index is -1.21. The van der Waals surface area contributed by atoms with Gasteiger partial charge >= 0.3 is 245 Å². The summed E-state index contributed by atoms with van der Waals surface area (Å²) in [6.45, 7) is 26.8. The van der Waals surface area contributed by atoms with Crippen LogP contribution >= 0.6 is 0 Å². The Morgan fingerprint density at radius 1 is 0.605 bits per heavy atom. The van der Waals surface area contributed by atoms with Crippen LogP contribution in [-0.4, -0.2) is 58.1 Å². The molecular formula is C33H48O3Se2. The van der Waals surface area contributed by atoms with Gasteiger partial charge in [0.1, 0.15) is 0 Å². The van der Waals surface area contributed by atoms with Crippen LogP contribution in [0.4, 0.5) is 0 Å². The van der Waals surface area contributed by atoms with Crippen molar-refractivity contribution < 1.29 is 15.0 Å². The number of carbonyl (C=O) groups excluding carboxylic acids is 1. The molecule has 3 nitrogen and oxygen atoms in total. The second kappa shape index (κ2) is 10.8. The summed E-state index contributed by atoms with van der Waals surface area (Å²) >= 11 is 0.495. The van der Waals surface area contributed by atoms with E-state index >= 15 is 0 Å². The van der Waals surface area contributed by atoms with Gasteiger partial charge in [-0.1, -0.05) is 0 Å². The van der Waals surface area contributed by atoms with E-state index in [1.165, 1.54) is 17.9 Å². The third-order valence-corrected chi connectivity index (χ3v) is 15.1. The standard InChI is InChI=1S/C33H48O3Se2/c1-30(2,3)23-15-19(16-24(37-23)31(4,5)6)13-21-27(34)22(29(36)28(21)35)14-20-17-25(32(7,8)9)38-26(18-20)33(10,11)12/h13-18,21-22,27-28,34-35H,1-12H3. The zero-order valence-electron chi connectivity index (χ0n) is 25.4. The van der Waals surface area contributed by atoms with Gasteiger partial charge in [-0.25, -0.2) is 0 Å². The normalized spacial score (nSPS) is 27.6. The number of hydrogen-bond acceptors (Lipinski definition) is 3. The van der Waals surface area contributed by atoms with E-state index in [1.807, 2.05) is 12.2 Å². The molecule has 5 heteroatoms. The number of aliphatic hydroxyl groups excluding tert-OH is 2. The number of hydrogen-bond donors (Lipinski definition) is 2. The van der Waals surface area contributed by atoms with Crippen LogP contribution in [-0.2, 0) is 4.79 Å². The van der Waals surface area contributed by atoms with Crippen molar-refractivity contribution in [2.75, 3.05) is 0 Å². The van der Waals surface area contributed by atoms with E-state index in [4.69, 9.17) is 0 Å². The van der Waals surface area contributed by atoms with E-state index in [0.717, 1.165) is 11.1 Å². The maximum absolute atomic E-state index is 13.3. The van der Waals surface area contributed by atoms with Gasteiger partial charge in [0.05, 0.1) is 0 Å². The van der Waals surface area contributed by atoms with Crippen LogP contribution in [0.5, 0.6) is 0 Å². The van der Waals surface area contributed by atoms with Crippen LogP contribution in [0.3, 0.4) is 0 Å². The second-order valence-electron chi connectivity index (χ2n) is 15.0. The molecule has 3 rings (SSSR count). The molecule has 0 radical (unpaired) electrons. The quantitative estimate of drug-likeness (QED) is 0.335. The molecule has 0 amide bonds. The molecule has 4 atom stereocenters. The van der Waals surface area contributed by atoms with Gasteiger partial charge in [-0.2, -0.15) is 0 Å². The van der Waals surface area contributed by atoms with Crippen molar-refractivity contribution in [1.29, 1.82) is 0 Å². The van der Waals surface area contributed by atoms with Crippen molar-refractivity contribution in [2.45, 2.75) is 95.3 Å². The first-order valence-electron chi connectivity index (χ1n) is 13.7. The average Bonchev–Trinajstić information content (AvgIpc) is 2.94. The van der Waals surface area contributed by atoms with Crippen molar-refractivity contribution in [2.24, 2.45) is 33.5 Å². The molecule has 2 heterocycles. The Balaban J connectivity index is 2.03. The Morgan fingerprint density at radius 3 is 1.24 bits per heavy atom. The molecule has 38 heavy (non-hydrogen) atoms. The van der Waals surface area contributed by atoms with E-state index in [0.29, 0.717) is 0 Å². The van der Waals surface area contributed by atoms with E-state index in [1.54, 1.807) is 0 Å². The Labute approximate surface area is 244 Å². The molecule has 1 saturated carbocycles. The Kier molecular flexibility index (Phi) is 8.98. The molecule has 0 aromatic rings. The molecule has 210 valence electrons. The molecule has 0 saturated heterocycles. The van der Waals surface area contributed by atoms with Crippen molar-refractivity contribution in [3.63, 3.8) is 0 Å². The Bertz CT molecular complexity index is 1080. The summed E-state index contributed by atoms with van der Waals surface area (Å²) in [6.07, 6.45) is 10.5. The summed E-state index contributed by atoms with van der Waals surface area (Å²) in [5.74, 6) is -1.66. The van der Waals surface area contributed by atoms with Crippen molar-refractivity contribution in [3.05, 3.63) is 65.5 Å². The predicted molar refractivity (Wildman–Crippen MR) is 162 cm³/mol. The summed E-state index contributed by atoms with van der Waals surface area (Å²) < 4.78 is 5.54. The van der Waals surface area contributed by atoms with Gasteiger partial charge in [-0.15, -0.1) is 0 Å². The first kappa shape index (κ1) is 31.6. The van der Waals surface area contributed by atoms with Crippen LogP contribution < -0.4 is 0 Å². The van der Waals surface area contributed by atoms with Crippen LogP contribution in [0.25, 0.3) is 0 Å². The Hall–Kier alpha value is -0.931. The number of allylic oxidation sites excluding steroid dienone is 10. The van der Waals surface area contributed by atoms with Gasteiger partial charge in [-0.05, 0) is 0 Å². The first-order valence-corrected chi connectivity index (χ1v) is 17.1. The van der Waals surface area contributed by atoms with Crippen molar-refractivity contribution in [3.8, 4) is 0 Å². The van der Waals surface area contributed by atoms with Gasteiger partial charge in [0.15, 0.2) is 0 Å². The summed E-state index contributed by atoms with van der Waals surface area (Å²) in [5.41, 5.74) is 2.10. The molecule has 1 aliphatic carbocycles. The van der Waals surface area contributed by atoms with Gasteiger partial charge < -0.3 is 0 Å². The van der Waals surface area contributed by atoms with E-state index in [-0.39, 0.29) is 57.4 Å². The second-order valence-corrected chi connectivity index (χ2v) is 19.6. The third-order valence-electron chi connectivity index (χ3n) is 7.09. The van der Waals surface area contributed by atoms with Crippen LogP contribution in [0.2, 0.25) is 0 Å². The van der Waals surface area contributed by atoms with Gasteiger partial charge in [0.25, 0.3) is 0 Å². The number of rotatable bonds is 2. The van der Waals surface area contributed by atoms with Gasteiger partial charge in [0.2, 0.25) is 0 Å². The summed E-state index contributed by atoms with van der Waals surface area (Å²) in [6, 6.07) is 0. The SMILES string of the molecule is CC(C)(C)C1=CC(=CC2C(=O)C(O)C(C=C3C=C(C(C)(C)C)[Se]C(C(C)(C)C)=C3)C2O)C=C(C(C)(C)C)[Se]1. The zero-order valence-corrected chi connectivity index (χ0v) is 28.8. The number of aliphatic hydroxyl groups is 2. The van der Waals surface area contributed by atoms with Gasteiger partial charge in [0, 0.05) is 0 Å². The minimum absolute atomic E-state index is 0.0330. The van der Waals surface area contributed by atoms with Crippen molar-refractivity contribution in [1.82, 2.24) is 0 Å². The van der Waals surface area contributed by atoms with Crippen LogP contribution in [0, 0.1) is 33.5 Å². The fourth-order valence-corrected chi connectivity index (χ4v) is 9.70. The van der Waals surface area contributed by atoms with Gasteiger partial charge in [-0.3, -0.25) is 0 Å². The molecule has 4 unspecified atom stereocenters. The molecule has 0 bridgehead atoms. The van der Waals surface area contributed by atoms with Crippen molar-refractivity contribution >= 4 is 35.7 Å². The molecular weight excluding hydrogens is 602 g/mol.